The molecule has 0 aromatic heterocycles. The average Bonchev–Trinajstić information content (AvgIpc) is 3.55. The van der Waals surface area contributed by atoms with E-state index in [4.69, 9.17) is 0 Å². The molecule has 1 heterocycles. The summed E-state index contributed by atoms with van der Waals surface area (Å²) in [5.74, 6) is -0.0614. The predicted octanol–water partition coefficient (Wildman–Crippen LogP) is 4.76. The van der Waals surface area contributed by atoms with Crippen molar-refractivity contribution in [1.29, 1.82) is 0 Å². The van der Waals surface area contributed by atoms with E-state index in [1.165, 1.54) is 5.56 Å². The Kier molecular flexibility index (Phi) is 4.83. The quantitative estimate of drug-likeness (QED) is 0.676. The Bertz CT molecular complexity index is 1040. The highest BCUT2D eigenvalue weighted by Gasteiger charge is 2.36. The number of carbonyl (C=O) groups excluding carboxylic acids is 2. The summed E-state index contributed by atoms with van der Waals surface area (Å²) in [6.07, 6.45) is 2.87. The van der Waals surface area contributed by atoms with Crippen molar-refractivity contribution in [2.75, 3.05) is 16.8 Å². The number of anilines is 2. The first kappa shape index (κ1) is 18.6. The second-order valence-corrected chi connectivity index (χ2v) is 8.10. The monoisotopic (exact) mass is 396 g/mol. The topological polar surface area (TPSA) is 49.4 Å². The van der Waals surface area contributed by atoms with E-state index in [9.17, 15) is 9.59 Å². The third kappa shape index (κ3) is 3.61. The first-order valence-corrected chi connectivity index (χ1v) is 10.6. The molecule has 1 N–H and O–H groups in total. The first-order chi connectivity index (χ1) is 14.7. The molecule has 2 amide bonds. The Labute approximate surface area is 176 Å². The third-order valence-electron chi connectivity index (χ3n) is 5.97. The fourth-order valence-electron chi connectivity index (χ4n) is 4.24. The van der Waals surface area contributed by atoms with E-state index in [0.717, 1.165) is 48.3 Å². The number of benzene rings is 3. The van der Waals surface area contributed by atoms with E-state index in [1.54, 1.807) is 0 Å². The fraction of sp³-hybridized carbons (Fsp3) is 0.231. The summed E-state index contributed by atoms with van der Waals surface area (Å²) < 4.78 is 0. The van der Waals surface area contributed by atoms with Gasteiger partial charge in [0, 0.05) is 23.8 Å². The molecule has 0 radical (unpaired) electrons. The molecule has 0 spiro atoms. The molecule has 4 heteroatoms. The Morgan fingerprint density at radius 2 is 1.50 bits per heavy atom. The Balaban J connectivity index is 1.42. The molecule has 30 heavy (non-hydrogen) atoms. The zero-order chi connectivity index (χ0) is 20.5. The van der Waals surface area contributed by atoms with Crippen LogP contribution < -0.4 is 10.2 Å². The number of carbonyl (C=O) groups is 2. The highest BCUT2D eigenvalue weighted by molar-refractivity contribution is 6.01. The van der Waals surface area contributed by atoms with Crippen molar-refractivity contribution in [1.82, 2.24) is 0 Å². The summed E-state index contributed by atoms with van der Waals surface area (Å²) >= 11 is 0. The van der Waals surface area contributed by atoms with Crippen molar-refractivity contribution in [2.45, 2.75) is 25.2 Å². The van der Waals surface area contributed by atoms with Gasteiger partial charge in [-0.3, -0.25) is 9.59 Å². The third-order valence-corrected chi connectivity index (χ3v) is 5.97. The van der Waals surface area contributed by atoms with E-state index in [2.05, 4.69) is 5.32 Å². The number of hydrogen-bond donors (Lipinski definition) is 1. The summed E-state index contributed by atoms with van der Waals surface area (Å²) in [6, 6.07) is 25.6. The second kappa shape index (κ2) is 7.79. The molecule has 1 fully saturated rings. The lowest BCUT2D eigenvalue weighted by Crippen LogP contribution is -2.30. The van der Waals surface area contributed by atoms with Crippen LogP contribution in [-0.4, -0.2) is 18.4 Å². The Morgan fingerprint density at radius 3 is 2.10 bits per heavy atom. The molecule has 0 atom stereocenters. The summed E-state index contributed by atoms with van der Waals surface area (Å²) in [5, 5.41) is 3.10. The van der Waals surface area contributed by atoms with Gasteiger partial charge in [-0.15, -0.1) is 0 Å². The van der Waals surface area contributed by atoms with Gasteiger partial charge in [0.2, 0.25) is 11.8 Å². The van der Waals surface area contributed by atoms with Crippen LogP contribution in [0, 0.1) is 5.92 Å². The molecular formula is C26H24N2O2. The van der Waals surface area contributed by atoms with Crippen molar-refractivity contribution in [3.05, 3.63) is 95.6 Å². The van der Waals surface area contributed by atoms with Crippen LogP contribution in [0.15, 0.2) is 78.9 Å². The minimum absolute atomic E-state index is 0.0783. The highest BCUT2D eigenvalue weighted by atomic mass is 16.2. The van der Waals surface area contributed by atoms with Crippen LogP contribution in [-0.2, 0) is 16.0 Å². The largest absolute Gasteiger partial charge is 0.325 e. The van der Waals surface area contributed by atoms with Gasteiger partial charge in [0.1, 0.15) is 0 Å². The van der Waals surface area contributed by atoms with Crippen LogP contribution in [0.25, 0.3) is 0 Å². The van der Waals surface area contributed by atoms with E-state index in [-0.39, 0.29) is 17.7 Å². The number of rotatable bonds is 5. The molecular weight excluding hydrogens is 372 g/mol. The number of fused-ring (bicyclic) bond motifs is 1. The predicted molar refractivity (Wildman–Crippen MR) is 119 cm³/mol. The van der Waals surface area contributed by atoms with E-state index in [1.807, 2.05) is 83.8 Å². The molecule has 150 valence electrons. The molecule has 0 unspecified atom stereocenters. The van der Waals surface area contributed by atoms with Gasteiger partial charge in [-0.2, -0.15) is 0 Å². The summed E-state index contributed by atoms with van der Waals surface area (Å²) in [5.41, 5.74) is 4.75. The van der Waals surface area contributed by atoms with Crippen LogP contribution >= 0.6 is 0 Å². The number of amides is 2. The summed E-state index contributed by atoms with van der Waals surface area (Å²) in [7, 11) is 0. The van der Waals surface area contributed by atoms with Crippen LogP contribution in [0.2, 0.25) is 0 Å². The van der Waals surface area contributed by atoms with Gasteiger partial charge >= 0.3 is 0 Å². The maximum absolute atomic E-state index is 13.4. The van der Waals surface area contributed by atoms with Gasteiger partial charge in [-0.05, 0) is 48.1 Å². The SMILES string of the molecule is O=C(Nc1ccc2c(c1)N(C(=O)C1CC1)CC2)C(c1ccccc1)c1ccccc1. The molecule has 2 aliphatic rings. The molecule has 0 saturated heterocycles. The van der Waals surface area contributed by atoms with Crippen LogP contribution in [0.1, 0.15) is 35.4 Å². The molecule has 1 saturated carbocycles. The van der Waals surface area contributed by atoms with Crippen molar-refractivity contribution in [3.63, 3.8) is 0 Å². The minimum Gasteiger partial charge on any atom is -0.325 e. The second-order valence-electron chi connectivity index (χ2n) is 8.10. The first-order valence-electron chi connectivity index (χ1n) is 10.6. The van der Waals surface area contributed by atoms with Crippen LogP contribution in [0.5, 0.6) is 0 Å². The fourth-order valence-corrected chi connectivity index (χ4v) is 4.24. The van der Waals surface area contributed by atoms with Crippen molar-refractivity contribution in [3.8, 4) is 0 Å². The van der Waals surface area contributed by atoms with Gasteiger partial charge in [-0.25, -0.2) is 0 Å². The lowest BCUT2D eigenvalue weighted by atomic mass is 9.90. The van der Waals surface area contributed by atoms with Crippen molar-refractivity contribution < 1.29 is 9.59 Å². The minimum atomic E-state index is -0.398. The summed E-state index contributed by atoms with van der Waals surface area (Å²) in [6.45, 7) is 0.735. The van der Waals surface area contributed by atoms with Gasteiger partial charge in [0.25, 0.3) is 0 Å². The lowest BCUT2D eigenvalue weighted by molar-refractivity contribution is -0.119. The van der Waals surface area contributed by atoms with Crippen molar-refractivity contribution >= 4 is 23.2 Å². The normalized spacial score (nSPS) is 15.2. The van der Waals surface area contributed by atoms with E-state index >= 15 is 0 Å². The van der Waals surface area contributed by atoms with Gasteiger partial charge in [0.15, 0.2) is 0 Å². The maximum Gasteiger partial charge on any atom is 0.236 e. The standard InChI is InChI=1S/C26H24N2O2/c29-25(24(19-7-3-1-4-8-19)20-9-5-2-6-10-20)27-22-14-13-18-15-16-28(23(18)17-22)26(30)21-11-12-21/h1-10,13-14,17,21,24H,11-12,15-16H2,(H,27,29). The summed E-state index contributed by atoms with van der Waals surface area (Å²) in [4.78, 5) is 27.9. The zero-order valence-electron chi connectivity index (χ0n) is 16.8. The number of nitrogens with zero attached hydrogens (tertiary/aromatic N) is 1. The molecule has 0 bridgehead atoms. The van der Waals surface area contributed by atoms with E-state index < -0.39 is 5.92 Å². The lowest BCUT2D eigenvalue weighted by Gasteiger charge is -2.20. The maximum atomic E-state index is 13.4. The van der Waals surface area contributed by atoms with E-state index in [0.29, 0.717) is 0 Å². The molecule has 3 aromatic rings. The highest BCUT2D eigenvalue weighted by Crippen LogP contribution is 2.38. The average molecular weight is 396 g/mol. The van der Waals surface area contributed by atoms with Gasteiger partial charge < -0.3 is 10.2 Å². The molecule has 4 nitrogen and oxygen atoms in total. The van der Waals surface area contributed by atoms with Crippen molar-refractivity contribution in [2.24, 2.45) is 5.92 Å². The van der Waals surface area contributed by atoms with Gasteiger partial charge in [-0.1, -0.05) is 66.7 Å². The molecule has 3 aromatic carbocycles. The van der Waals surface area contributed by atoms with Crippen LogP contribution in [0.4, 0.5) is 11.4 Å². The smallest absolute Gasteiger partial charge is 0.236 e. The number of hydrogen-bond acceptors (Lipinski definition) is 2. The Morgan fingerprint density at radius 1 is 0.867 bits per heavy atom. The zero-order valence-corrected chi connectivity index (χ0v) is 16.8. The molecule has 1 aliphatic carbocycles. The van der Waals surface area contributed by atoms with Crippen LogP contribution in [0.3, 0.4) is 0 Å². The molecule has 1 aliphatic heterocycles. The Hall–Kier alpha value is -3.40. The van der Waals surface area contributed by atoms with Gasteiger partial charge in [0.05, 0.1) is 5.92 Å². The molecule has 5 rings (SSSR count). The number of nitrogens with one attached hydrogen (secondary N) is 1.